The normalized spacial score (nSPS) is 14.7. The highest BCUT2D eigenvalue weighted by molar-refractivity contribution is 7.80. The molecule has 0 aliphatic carbocycles. The van der Waals surface area contributed by atoms with Gasteiger partial charge in [-0.25, -0.2) is 0 Å². The topological polar surface area (TPSA) is 339 Å². The number of carbonyl (C=O) groups is 6. The molecule has 0 saturated heterocycles. The third-order valence-electron chi connectivity index (χ3n) is 7.95. The van der Waals surface area contributed by atoms with E-state index < -0.39 is 78.3 Å². The molecule has 0 heterocycles. The number of carbonyl (C=O) groups excluding carboxylic acids is 6. The van der Waals surface area contributed by atoms with Crippen LogP contribution < -0.4 is 61.0 Å². The number of nitrogens with one attached hydrogen (secondary N) is 5. The molecule has 0 fully saturated rings. The summed E-state index contributed by atoms with van der Waals surface area (Å²) >= 11 is 3.97. The Kier molecular flexibility index (Phi) is 26.9. The van der Waals surface area contributed by atoms with Gasteiger partial charge in [-0.1, -0.05) is 12.8 Å². The van der Waals surface area contributed by atoms with Gasteiger partial charge in [0.1, 0.15) is 30.2 Å². The van der Waals surface area contributed by atoms with Crippen LogP contribution in [-0.4, -0.2) is 115 Å². The fourth-order valence-electron chi connectivity index (χ4n) is 4.88. The van der Waals surface area contributed by atoms with E-state index in [2.05, 4.69) is 39.2 Å². The average molecular weight is 734 g/mol. The number of aliphatic hydroxyl groups excluding tert-OH is 1. The van der Waals surface area contributed by atoms with E-state index in [0.717, 1.165) is 0 Å². The van der Waals surface area contributed by atoms with Crippen molar-refractivity contribution in [1.82, 2.24) is 26.6 Å². The lowest BCUT2D eigenvalue weighted by Crippen LogP contribution is -2.60. The first kappa shape index (κ1) is 46.9. The number of primary amides is 1. The standard InChI is InChI=1S/C31H63N11O7S/c32-14-6-1-2-11-22(41-31(49)25(18-43)42-27(45)20(36)19-50)29(47)40-24(13-5-9-17-35)30(48)39-23(12-4-8-16-34)28(46)38-21(26(37)44)10-3-7-15-33/h20-25,43,50H,1-19,32-36H2,(H2,37,44)(H,38,46)(H,39,48)(H,40,47)(H,41,49)(H,42,45)/t20-,21-,22-,23-,24-,25-/m0/s1. The number of thiol groups is 1. The number of unbranched alkanes of at least 4 members (excludes halogenated alkanes) is 5. The van der Waals surface area contributed by atoms with Gasteiger partial charge in [0.25, 0.3) is 0 Å². The van der Waals surface area contributed by atoms with Crippen molar-refractivity contribution in [1.29, 1.82) is 0 Å². The van der Waals surface area contributed by atoms with E-state index in [-0.39, 0.29) is 31.4 Å². The van der Waals surface area contributed by atoms with Crippen LogP contribution in [0.2, 0.25) is 0 Å². The highest BCUT2D eigenvalue weighted by Crippen LogP contribution is 2.10. The highest BCUT2D eigenvalue weighted by Gasteiger charge is 2.32. The van der Waals surface area contributed by atoms with E-state index in [1.165, 1.54) is 0 Å². The summed E-state index contributed by atoms with van der Waals surface area (Å²) in [7, 11) is 0. The van der Waals surface area contributed by atoms with Crippen LogP contribution in [-0.2, 0) is 28.8 Å². The van der Waals surface area contributed by atoms with Gasteiger partial charge in [-0.05, 0) is 96.8 Å². The van der Waals surface area contributed by atoms with Crippen LogP contribution in [0.3, 0.4) is 0 Å². The molecule has 0 aromatic carbocycles. The molecule has 0 saturated carbocycles. The maximum absolute atomic E-state index is 13.7. The predicted octanol–water partition coefficient (Wildman–Crippen LogP) is -3.95. The molecule has 0 spiro atoms. The van der Waals surface area contributed by atoms with Gasteiger partial charge < -0.3 is 66.1 Å². The Morgan fingerprint density at radius 3 is 1.12 bits per heavy atom. The Bertz CT molecular complexity index is 1030. The molecular weight excluding hydrogens is 670 g/mol. The zero-order valence-corrected chi connectivity index (χ0v) is 30.1. The molecule has 50 heavy (non-hydrogen) atoms. The number of rotatable bonds is 30. The van der Waals surface area contributed by atoms with Crippen molar-refractivity contribution in [2.75, 3.05) is 38.5 Å². The van der Waals surface area contributed by atoms with Crippen molar-refractivity contribution in [3.63, 3.8) is 0 Å². The van der Waals surface area contributed by atoms with Gasteiger partial charge in [-0.2, -0.15) is 12.6 Å². The Morgan fingerprint density at radius 2 is 0.780 bits per heavy atom. The van der Waals surface area contributed by atoms with Crippen molar-refractivity contribution in [2.24, 2.45) is 34.4 Å². The Labute approximate surface area is 300 Å². The van der Waals surface area contributed by atoms with Gasteiger partial charge in [-0.3, -0.25) is 28.8 Å². The van der Waals surface area contributed by atoms with Crippen LogP contribution in [0.15, 0.2) is 0 Å². The van der Waals surface area contributed by atoms with Gasteiger partial charge in [0, 0.05) is 5.75 Å². The predicted molar refractivity (Wildman–Crippen MR) is 194 cm³/mol. The van der Waals surface area contributed by atoms with Crippen LogP contribution in [0.4, 0.5) is 0 Å². The fraction of sp³-hybridized carbons (Fsp3) is 0.806. The van der Waals surface area contributed by atoms with E-state index in [4.69, 9.17) is 34.4 Å². The zero-order chi connectivity index (χ0) is 37.9. The van der Waals surface area contributed by atoms with Crippen LogP contribution in [0, 0.1) is 0 Å². The van der Waals surface area contributed by atoms with E-state index in [1.54, 1.807) is 0 Å². The molecule has 0 aliphatic rings. The maximum Gasteiger partial charge on any atom is 0.245 e. The molecule has 19 heteroatoms. The third kappa shape index (κ3) is 19.9. The minimum atomic E-state index is -1.40. The zero-order valence-electron chi connectivity index (χ0n) is 29.2. The van der Waals surface area contributed by atoms with Crippen LogP contribution in [0.1, 0.15) is 83.5 Å². The van der Waals surface area contributed by atoms with Crippen molar-refractivity contribution >= 4 is 48.1 Å². The molecule has 0 aliphatic heterocycles. The second kappa shape index (κ2) is 28.6. The van der Waals surface area contributed by atoms with Crippen molar-refractivity contribution in [2.45, 2.75) is 120 Å². The molecule has 0 unspecified atom stereocenters. The van der Waals surface area contributed by atoms with E-state index in [0.29, 0.717) is 84.0 Å². The van der Waals surface area contributed by atoms with Gasteiger partial charge in [0.15, 0.2) is 0 Å². The second-order valence-electron chi connectivity index (χ2n) is 12.2. The number of nitrogens with two attached hydrogens (primary N) is 6. The summed E-state index contributed by atoms with van der Waals surface area (Å²) in [6.45, 7) is 0.793. The number of amides is 6. The van der Waals surface area contributed by atoms with Gasteiger partial charge >= 0.3 is 0 Å². The lowest BCUT2D eigenvalue weighted by atomic mass is 10.0. The van der Waals surface area contributed by atoms with Crippen LogP contribution in [0.5, 0.6) is 0 Å². The van der Waals surface area contributed by atoms with Gasteiger partial charge in [-0.15, -0.1) is 0 Å². The van der Waals surface area contributed by atoms with Crippen LogP contribution in [0.25, 0.3) is 0 Å². The third-order valence-corrected chi connectivity index (χ3v) is 8.34. The first-order valence-electron chi connectivity index (χ1n) is 17.5. The largest absolute Gasteiger partial charge is 0.394 e. The first-order valence-corrected chi connectivity index (χ1v) is 18.1. The molecule has 18 nitrogen and oxygen atoms in total. The number of hydrogen-bond acceptors (Lipinski definition) is 13. The van der Waals surface area contributed by atoms with E-state index in [1.807, 2.05) is 0 Å². The summed E-state index contributed by atoms with van der Waals surface area (Å²) in [4.78, 5) is 78.1. The average Bonchev–Trinajstić information content (AvgIpc) is 3.09. The molecule has 6 amide bonds. The molecular formula is C31H63N11O7S. The smallest absolute Gasteiger partial charge is 0.245 e. The molecule has 0 rings (SSSR count). The molecule has 0 radical (unpaired) electrons. The number of hydrogen-bond donors (Lipinski definition) is 13. The molecule has 290 valence electrons. The summed E-state index contributed by atoms with van der Waals surface area (Å²) in [5.41, 5.74) is 33.6. The summed E-state index contributed by atoms with van der Waals surface area (Å²) in [5, 5.41) is 22.8. The van der Waals surface area contributed by atoms with E-state index >= 15 is 0 Å². The Morgan fingerprint density at radius 1 is 0.480 bits per heavy atom. The Hall–Kier alpha value is -3.07. The highest BCUT2D eigenvalue weighted by atomic mass is 32.1. The summed E-state index contributed by atoms with van der Waals surface area (Å²) in [6.07, 6.45) is 5.92. The monoisotopic (exact) mass is 733 g/mol. The molecule has 0 aromatic heterocycles. The van der Waals surface area contributed by atoms with Crippen molar-refractivity contribution < 1.29 is 33.9 Å². The van der Waals surface area contributed by atoms with Crippen molar-refractivity contribution in [3.8, 4) is 0 Å². The number of aliphatic hydroxyl groups is 1. The quantitative estimate of drug-likeness (QED) is 0.0249. The summed E-state index contributed by atoms with van der Waals surface area (Å²) < 4.78 is 0. The maximum atomic E-state index is 13.7. The minimum absolute atomic E-state index is 0.00143. The van der Waals surface area contributed by atoms with Crippen LogP contribution >= 0.6 is 12.6 Å². The minimum Gasteiger partial charge on any atom is -0.394 e. The molecule has 18 N–H and O–H groups in total. The first-order chi connectivity index (χ1) is 23.9. The van der Waals surface area contributed by atoms with Gasteiger partial charge in [0.2, 0.25) is 35.4 Å². The summed E-state index contributed by atoms with van der Waals surface area (Å²) in [5.74, 6) is -4.22. The van der Waals surface area contributed by atoms with E-state index in [9.17, 15) is 33.9 Å². The molecule has 0 aromatic rings. The fourth-order valence-corrected chi connectivity index (χ4v) is 5.05. The SMILES string of the molecule is NCCCCC[C@H](NC(=O)[C@H](CO)NC(=O)[C@@H](N)CS)C(=O)N[C@@H](CCCCN)C(=O)N[C@@H](CCCCN)C(=O)N[C@@H](CCCCN)C(N)=O. The lowest BCUT2D eigenvalue weighted by molar-refractivity contribution is -0.135. The molecule has 0 bridgehead atoms. The Balaban J connectivity index is 6.10. The second-order valence-corrected chi connectivity index (χ2v) is 12.5. The van der Waals surface area contributed by atoms with Crippen molar-refractivity contribution in [3.05, 3.63) is 0 Å². The van der Waals surface area contributed by atoms with Gasteiger partial charge in [0.05, 0.1) is 12.6 Å². The lowest BCUT2D eigenvalue weighted by Gasteiger charge is -2.27. The summed E-state index contributed by atoms with van der Waals surface area (Å²) in [6, 6.07) is -6.73. The molecule has 6 atom stereocenters.